The Morgan fingerprint density at radius 3 is 2.19 bits per heavy atom. The van der Waals surface area contributed by atoms with Gasteiger partial charge in [0.15, 0.2) is 11.6 Å². The summed E-state index contributed by atoms with van der Waals surface area (Å²) in [5.74, 6) is -1.59. The lowest BCUT2D eigenvalue weighted by Gasteiger charge is -2.08. The van der Waals surface area contributed by atoms with Gasteiger partial charge in [-0.2, -0.15) is 0 Å². The number of benzene rings is 2. The maximum atomic E-state index is 13.4. The highest BCUT2D eigenvalue weighted by atomic mass is 127. The smallest absolute Gasteiger partial charge is 0.172 e. The Morgan fingerprint density at radius 1 is 0.812 bits per heavy atom. The molecule has 0 amide bonds. The van der Waals surface area contributed by atoms with Crippen LogP contribution in [0.2, 0.25) is 0 Å². The van der Waals surface area contributed by atoms with Gasteiger partial charge in [-0.1, -0.05) is 24.3 Å². The first kappa shape index (κ1) is 12.2. The molecule has 0 atom stereocenters. The molecule has 0 aliphatic carbocycles. The quantitative estimate of drug-likeness (QED) is 0.438. The van der Waals surface area contributed by atoms with Crippen molar-refractivity contribution >= 4 is 45.2 Å². The summed E-state index contributed by atoms with van der Waals surface area (Å²) >= 11 is 4.01. The van der Waals surface area contributed by atoms with E-state index in [0.717, 1.165) is 20.8 Å². The van der Waals surface area contributed by atoms with Gasteiger partial charge in [0.2, 0.25) is 0 Å². The van der Waals surface area contributed by atoms with Gasteiger partial charge in [0.05, 0.1) is 3.57 Å². The number of rotatable bonds is 1. The van der Waals surface area contributed by atoms with E-state index in [4.69, 9.17) is 0 Å². The van der Waals surface area contributed by atoms with Crippen molar-refractivity contribution in [3.8, 4) is 11.1 Å². The van der Waals surface area contributed by atoms with Crippen molar-refractivity contribution in [2.75, 3.05) is 0 Å². The lowest BCUT2D eigenvalue weighted by molar-refractivity contribution is 0.504. The van der Waals surface area contributed by atoms with Crippen molar-refractivity contribution in [3.63, 3.8) is 0 Å². The largest absolute Gasteiger partial charge is 0.204 e. The Kier molecular flexibility index (Phi) is 3.78. The molecule has 2 aromatic rings. The normalized spacial score (nSPS) is 10.5. The molecule has 0 radical (unpaired) electrons. The molecule has 0 nitrogen and oxygen atoms in total. The predicted octanol–water partition coefficient (Wildman–Crippen LogP) is 4.84. The van der Waals surface area contributed by atoms with Gasteiger partial charge < -0.3 is 0 Å². The van der Waals surface area contributed by atoms with E-state index < -0.39 is 11.6 Å². The summed E-state index contributed by atoms with van der Waals surface area (Å²) in [6.45, 7) is 0. The average Bonchev–Trinajstić information content (AvgIpc) is 2.28. The van der Waals surface area contributed by atoms with Gasteiger partial charge in [0.25, 0.3) is 0 Å². The molecule has 0 fully saturated rings. The van der Waals surface area contributed by atoms with E-state index in [1.165, 1.54) is 0 Å². The molecule has 0 aliphatic heterocycles. The van der Waals surface area contributed by atoms with E-state index in [-0.39, 0.29) is 0 Å². The Morgan fingerprint density at radius 2 is 1.50 bits per heavy atom. The van der Waals surface area contributed by atoms with Crippen LogP contribution in [0, 0.1) is 18.8 Å². The molecular weight excluding hydrogens is 436 g/mol. The van der Waals surface area contributed by atoms with E-state index in [2.05, 4.69) is 22.6 Å². The molecule has 0 N–H and O–H groups in total. The maximum Gasteiger partial charge on any atom is 0.172 e. The van der Waals surface area contributed by atoms with Crippen molar-refractivity contribution < 1.29 is 8.78 Å². The first-order valence-corrected chi connectivity index (χ1v) is 6.65. The minimum Gasteiger partial charge on any atom is -0.204 e. The summed E-state index contributed by atoms with van der Waals surface area (Å²) < 4.78 is 27.8. The van der Waals surface area contributed by atoms with Crippen LogP contribution in [-0.4, -0.2) is 0 Å². The van der Waals surface area contributed by atoms with Crippen LogP contribution in [0.4, 0.5) is 8.78 Å². The molecule has 0 unspecified atom stereocenters. The van der Waals surface area contributed by atoms with Gasteiger partial charge in [-0.25, -0.2) is 8.78 Å². The number of hydrogen-bond acceptors (Lipinski definition) is 0. The molecule has 0 heterocycles. The zero-order valence-electron chi connectivity index (χ0n) is 7.98. The fraction of sp³-hybridized carbons (Fsp3) is 0. The number of hydrogen-bond donors (Lipinski definition) is 0. The van der Waals surface area contributed by atoms with E-state index in [9.17, 15) is 8.78 Å². The van der Waals surface area contributed by atoms with Gasteiger partial charge in [0, 0.05) is 3.57 Å². The first-order valence-electron chi connectivity index (χ1n) is 4.49. The number of halogens is 4. The van der Waals surface area contributed by atoms with Crippen LogP contribution in [0.25, 0.3) is 11.1 Å². The maximum absolute atomic E-state index is 13.4. The average molecular weight is 442 g/mol. The standard InChI is InChI=1S/C12H6F2I2/c13-9-6-5-8(12(16)11(9)14)7-3-1-2-4-10(7)15/h1-6H. The van der Waals surface area contributed by atoms with Crippen LogP contribution in [0.3, 0.4) is 0 Å². The summed E-state index contributed by atoms with van der Waals surface area (Å²) in [5.41, 5.74) is 1.65. The van der Waals surface area contributed by atoms with Gasteiger partial charge in [-0.3, -0.25) is 0 Å². The molecule has 0 spiro atoms. The van der Waals surface area contributed by atoms with E-state index in [1.807, 2.05) is 46.9 Å². The van der Waals surface area contributed by atoms with Crippen LogP contribution in [-0.2, 0) is 0 Å². The Balaban J connectivity index is 2.66. The van der Waals surface area contributed by atoms with Gasteiger partial charge >= 0.3 is 0 Å². The molecule has 0 bridgehead atoms. The van der Waals surface area contributed by atoms with E-state index in [0.29, 0.717) is 3.57 Å². The summed E-state index contributed by atoms with van der Waals surface area (Å²) in [6, 6.07) is 10.4. The fourth-order valence-corrected chi connectivity index (χ4v) is 2.82. The van der Waals surface area contributed by atoms with E-state index in [1.54, 1.807) is 6.07 Å². The van der Waals surface area contributed by atoms with Crippen molar-refractivity contribution in [3.05, 3.63) is 55.2 Å². The summed E-state index contributed by atoms with van der Waals surface area (Å²) in [5, 5.41) is 0. The Bertz CT molecular complexity index is 539. The van der Waals surface area contributed by atoms with Crippen LogP contribution in [0.5, 0.6) is 0 Å². The van der Waals surface area contributed by atoms with Gasteiger partial charge in [-0.05, 0) is 68.4 Å². The third kappa shape index (κ3) is 2.22. The summed E-state index contributed by atoms with van der Waals surface area (Å²) in [4.78, 5) is 0. The van der Waals surface area contributed by atoms with Gasteiger partial charge in [0.1, 0.15) is 0 Å². The molecule has 0 saturated heterocycles. The van der Waals surface area contributed by atoms with Crippen LogP contribution < -0.4 is 0 Å². The zero-order valence-corrected chi connectivity index (χ0v) is 12.3. The van der Waals surface area contributed by atoms with Crippen molar-refractivity contribution in [1.29, 1.82) is 0 Å². The fourth-order valence-electron chi connectivity index (χ4n) is 1.41. The van der Waals surface area contributed by atoms with Crippen molar-refractivity contribution in [1.82, 2.24) is 0 Å². The van der Waals surface area contributed by atoms with E-state index >= 15 is 0 Å². The van der Waals surface area contributed by atoms with Gasteiger partial charge in [-0.15, -0.1) is 0 Å². The third-order valence-corrected chi connectivity index (χ3v) is 4.19. The predicted molar refractivity (Wildman–Crippen MR) is 77.2 cm³/mol. The Labute approximate surface area is 119 Å². The molecule has 82 valence electrons. The van der Waals surface area contributed by atoms with Crippen molar-refractivity contribution in [2.45, 2.75) is 0 Å². The highest BCUT2D eigenvalue weighted by molar-refractivity contribution is 14.1. The lowest BCUT2D eigenvalue weighted by Crippen LogP contribution is -1.93. The second-order valence-electron chi connectivity index (χ2n) is 3.20. The summed E-state index contributed by atoms with van der Waals surface area (Å²) in [7, 11) is 0. The SMILES string of the molecule is Fc1ccc(-c2ccccc2I)c(I)c1F. The monoisotopic (exact) mass is 442 g/mol. The second-order valence-corrected chi connectivity index (χ2v) is 5.44. The molecule has 2 rings (SSSR count). The van der Waals surface area contributed by atoms with Crippen LogP contribution >= 0.6 is 45.2 Å². The molecular formula is C12H6F2I2. The van der Waals surface area contributed by atoms with Crippen LogP contribution in [0.1, 0.15) is 0 Å². The second kappa shape index (κ2) is 4.95. The van der Waals surface area contributed by atoms with Crippen molar-refractivity contribution in [2.24, 2.45) is 0 Å². The highest BCUT2D eigenvalue weighted by Gasteiger charge is 2.13. The molecule has 0 aromatic heterocycles. The lowest BCUT2D eigenvalue weighted by atomic mass is 10.1. The molecule has 4 heteroatoms. The first-order chi connectivity index (χ1) is 7.61. The minimum absolute atomic E-state index is 0.321. The third-order valence-electron chi connectivity index (χ3n) is 2.20. The molecule has 2 aromatic carbocycles. The molecule has 0 aliphatic rings. The minimum atomic E-state index is -0.806. The topological polar surface area (TPSA) is 0 Å². The van der Waals surface area contributed by atoms with Crippen LogP contribution in [0.15, 0.2) is 36.4 Å². The Hall–Kier alpha value is -0.240. The highest BCUT2D eigenvalue weighted by Crippen LogP contribution is 2.31. The summed E-state index contributed by atoms with van der Waals surface area (Å²) in [6.07, 6.45) is 0. The molecule has 0 saturated carbocycles. The zero-order chi connectivity index (χ0) is 11.7. The molecule has 16 heavy (non-hydrogen) atoms.